The third kappa shape index (κ3) is 1.36. The van der Waals surface area contributed by atoms with E-state index in [9.17, 15) is 0 Å². The summed E-state index contributed by atoms with van der Waals surface area (Å²) in [6, 6.07) is 5.20. The van der Waals surface area contributed by atoms with E-state index in [1.54, 1.807) is 11.1 Å². The summed E-state index contributed by atoms with van der Waals surface area (Å²) in [7, 11) is 2.07. The van der Waals surface area contributed by atoms with Gasteiger partial charge in [0.2, 0.25) is 0 Å². The highest BCUT2D eigenvalue weighted by molar-refractivity contribution is 5.44. The molecule has 1 heteroatoms. The van der Waals surface area contributed by atoms with Gasteiger partial charge in [-0.2, -0.15) is 0 Å². The van der Waals surface area contributed by atoms with Gasteiger partial charge in [0.25, 0.3) is 0 Å². The second-order valence-corrected chi connectivity index (χ2v) is 4.60. The first-order chi connectivity index (χ1) is 6.63. The van der Waals surface area contributed by atoms with E-state index in [1.165, 1.54) is 17.5 Å². The topological polar surface area (TPSA) is 12.0 Å². The molecule has 0 amide bonds. The smallest absolute Gasteiger partial charge is 0.0352 e. The Hall–Kier alpha value is -0.820. The van der Waals surface area contributed by atoms with Gasteiger partial charge in [-0.3, -0.25) is 0 Å². The molecule has 14 heavy (non-hydrogen) atoms. The molecule has 76 valence electrons. The molecule has 1 N–H and O–H groups in total. The first-order valence-corrected chi connectivity index (χ1v) is 5.40. The van der Waals surface area contributed by atoms with Crippen LogP contribution < -0.4 is 5.32 Å². The van der Waals surface area contributed by atoms with Crippen LogP contribution in [0.3, 0.4) is 0 Å². The minimum atomic E-state index is 0.561. The third-order valence-electron chi connectivity index (χ3n) is 3.35. The highest BCUT2D eigenvalue weighted by Crippen LogP contribution is 2.38. The molecular formula is C13H19N. The van der Waals surface area contributed by atoms with Gasteiger partial charge >= 0.3 is 0 Å². The Kier molecular flexibility index (Phi) is 2.36. The quantitative estimate of drug-likeness (QED) is 0.716. The third-order valence-corrected chi connectivity index (χ3v) is 3.35. The number of hydrogen-bond donors (Lipinski definition) is 1. The van der Waals surface area contributed by atoms with Gasteiger partial charge in [0.15, 0.2) is 0 Å². The maximum Gasteiger partial charge on any atom is 0.0352 e. The molecule has 0 radical (unpaired) electrons. The lowest BCUT2D eigenvalue weighted by Gasteiger charge is -2.17. The summed E-state index contributed by atoms with van der Waals surface area (Å²) in [6.07, 6.45) is 1.23. The van der Waals surface area contributed by atoms with Crippen molar-refractivity contribution >= 4 is 0 Å². The summed E-state index contributed by atoms with van der Waals surface area (Å²) in [6.45, 7) is 6.74. The maximum absolute atomic E-state index is 3.43. The molecule has 0 fully saturated rings. The molecule has 2 rings (SSSR count). The lowest BCUT2D eigenvalue weighted by Crippen LogP contribution is -2.20. The van der Waals surface area contributed by atoms with Gasteiger partial charge < -0.3 is 5.32 Å². The van der Waals surface area contributed by atoms with Crippen LogP contribution >= 0.6 is 0 Å². The van der Waals surface area contributed by atoms with Gasteiger partial charge in [-0.1, -0.05) is 24.6 Å². The molecular weight excluding hydrogens is 170 g/mol. The lowest BCUT2D eigenvalue weighted by molar-refractivity contribution is 0.445. The van der Waals surface area contributed by atoms with Crippen LogP contribution in [-0.2, 0) is 6.42 Å². The van der Waals surface area contributed by atoms with E-state index >= 15 is 0 Å². The van der Waals surface area contributed by atoms with Crippen molar-refractivity contribution in [1.29, 1.82) is 0 Å². The monoisotopic (exact) mass is 189 g/mol. The number of rotatable bonds is 1. The lowest BCUT2D eigenvalue weighted by atomic mass is 9.98. The minimum Gasteiger partial charge on any atom is -0.313 e. The zero-order chi connectivity index (χ0) is 10.3. The van der Waals surface area contributed by atoms with E-state index in [0.717, 1.165) is 5.92 Å². The van der Waals surface area contributed by atoms with Crippen LogP contribution in [0.15, 0.2) is 12.1 Å². The van der Waals surface area contributed by atoms with Crippen LogP contribution in [0, 0.1) is 19.8 Å². The first-order valence-electron chi connectivity index (χ1n) is 5.40. The van der Waals surface area contributed by atoms with Gasteiger partial charge in [0.1, 0.15) is 0 Å². The molecule has 0 saturated heterocycles. The summed E-state index contributed by atoms with van der Waals surface area (Å²) in [5.74, 6) is 0.732. The highest BCUT2D eigenvalue weighted by Gasteiger charge is 2.29. The predicted molar refractivity (Wildman–Crippen MR) is 60.6 cm³/mol. The van der Waals surface area contributed by atoms with E-state index in [0.29, 0.717) is 6.04 Å². The van der Waals surface area contributed by atoms with E-state index in [4.69, 9.17) is 0 Å². The molecule has 0 spiro atoms. The zero-order valence-electron chi connectivity index (χ0n) is 9.52. The van der Waals surface area contributed by atoms with Crippen LogP contribution in [0.2, 0.25) is 0 Å². The maximum atomic E-state index is 3.43. The zero-order valence-corrected chi connectivity index (χ0v) is 9.52. The molecule has 0 aliphatic heterocycles. The van der Waals surface area contributed by atoms with Crippen molar-refractivity contribution in [1.82, 2.24) is 5.32 Å². The second-order valence-electron chi connectivity index (χ2n) is 4.60. The van der Waals surface area contributed by atoms with Crippen LogP contribution in [0.5, 0.6) is 0 Å². The number of aryl methyl sites for hydroxylation is 2. The molecule has 1 aliphatic carbocycles. The van der Waals surface area contributed by atoms with Crippen LogP contribution in [0.25, 0.3) is 0 Å². The summed E-state index contributed by atoms with van der Waals surface area (Å²) in [4.78, 5) is 0. The van der Waals surface area contributed by atoms with Crippen molar-refractivity contribution in [3.8, 4) is 0 Å². The molecule has 1 aromatic rings. The Bertz CT molecular complexity index is 354. The van der Waals surface area contributed by atoms with Crippen LogP contribution in [-0.4, -0.2) is 7.05 Å². The fraction of sp³-hybridized carbons (Fsp3) is 0.538. The molecule has 1 aliphatic rings. The number of fused-ring (bicyclic) bond motifs is 1. The molecule has 0 heterocycles. The van der Waals surface area contributed by atoms with E-state index < -0.39 is 0 Å². The molecule has 2 unspecified atom stereocenters. The van der Waals surface area contributed by atoms with Gasteiger partial charge in [-0.05, 0) is 49.9 Å². The van der Waals surface area contributed by atoms with E-state index in [-0.39, 0.29) is 0 Å². The van der Waals surface area contributed by atoms with Crippen LogP contribution in [0.1, 0.15) is 35.2 Å². The fourth-order valence-electron chi connectivity index (χ4n) is 2.86. The molecule has 1 nitrogen and oxygen atoms in total. The molecule has 0 bridgehead atoms. The van der Waals surface area contributed by atoms with Gasteiger partial charge in [-0.25, -0.2) is 0 Å². The van der Waals surface area contributed by atoms with E-state index in [1.807, 2.05) is 0 Å². The molecule has 0 aromatic heterocycles. The van der Waals surface area contributed by atoms with Crippen molar-refractivity contribution in [3.05, 3.63) is 34.4 Å². The predicted octanol–water partition coefficient (Wildman–Crippen LogP) is 2.76. The van der Waals surface area contributed by atoms with Crippen molar-refractivity contribution in [2.24, 2.45) is 5.92 Å². The summed E-state index contributed by atoms with van der Waals surface area (Å²) >= 11 is 0. The Labute approximate surface area is 86.5 Å². The van der Waals surface area contributed by atoms with Crippen molar-refractivity contribution in [3.63, 3.8) is 0 Å². The molecule has 1 aromatic carbocycles. The van der Waals surface area contributed by atoms with Crippen LogP contribution in [0.4, 0.5) is 0 Å². The number of hydrogen-bond acceptors (Lipinski definition) is 1. The van der Waals surface area contributed by atoms with Gasteiger partial charge in [0.05, 0.1) is 0 Å². The fourth-order valence-corrected chi connectivity index (χ4v) is 2.86. The highest BCUT2D eigenvalue weighted by atomic mass is 14.9. The SMILES string of the molecule is CNC1c2c(C)cc(C)cc2CC1C. The minimum absolute atomic E-state index is 0.561. The summed E-state index contributed by atoms with van der Waals surface area (Å²) in [5, 5.41) is 3.43. The normalized spacial score (nSPS) is 25.1. The molecule has 2 atom stereocenters. The Morgan fingerprint density at radius 2 is 2.00 bits per heavy atom. The average Bonchev–Trinajstić information content (AvgIpc) is 2.40. The van der Waals surface area contributed by atoms with E-state index in [2.05, 4.69) is 45.3 Å². The number of nitrogens with one attached hydrogen (secondary N) is 1. The summed E-state index contributed by atoms with van der Waals surface area (Å²) < 4.78 is 0. The largest absolute Gasteiger partial charge is 0.313 e. The average molecular weight is 189 g/mol. The van der Waals surface area contributed by atoms with Crippen molar-refractivity contribution in [2.75, 3.05) is 7.05 Å². The Morgan fingerprint density at radius 3 is 2.64 bits per heavy atom. The van der Waals surface area contributed by atoms with Gasteiger partial charge in [-0.15, -0.1) is 0 Å². The first kappa shape index (κ1) is 9.72. The second kappa shape index (κ2) is 3.39. The standard InChI is InChI=1S/C13H19N/c1-8-5-9(2)12-11(6-8)7-10(3)13(12)14-4/h5-6,10,13-14H,7H2,1-4H3. The van der Waals surface area contributed by atoms with Crippen molar-refractivity contribution in [2.45, 2.75) is 33.2 Å². The Morgan fingerprint density at radius 1 is 1.29 bits per heavy atom. The number of benzene rings is 1. The Balaban J connectivity index is 2.53. The van der Waals surface area contributed by atoms with Gasteiger partial charge in [0, 0.05) is 6.04 Å². The molecule has 0 saturated carbocycles. The van der Waals surface area contributed by atoms with Crippen molar-refractivity contribution < 1.29 is 0 Å². The summed E-state index contributed by atoms with van der Waals surface area (Å²) in [5.41, 5.74) is 5.94.